The molecule has 16 heavy (non-hydrogen) atoms. The highest BCUT2D eigenvalue weighted by Gasteiger charge is 2.37. The summed E-state index contributed by atoms with van der Waals surface area (Å²) in [6.45, 7) is 4.68. The van der Waals surface area contributed by atoms with E-state index in [0.717, 1.165) is 30.6 Å². The Labute approximate surface area is 99.4 Å². The Morgan fingerprint density at radius 1 is 1.31 bits per heavy atom. The molecule has 92 valence electrons. The molecule has 2 rings (SSSR count). The van der Waals surface area contributed by atoms with Crippen LogP contribution in [0.25, 0.3) is 0 Å². The van der Waals surface area contributed by atoms with Gasteiger partial charge in [-0.2, -0.15) is 0 Å². The van der Waals surface area contributed by atoms with Crippen LogP contribution >= 0.6 is 0 Å². The quantitative estimate of drug-likeness (QED) is 0.669. The number of carbonyl (C=O) groups is 1. The number of fused-ring (bicyclic) bond motifs is 1. The van der Waals surface area contributed by atoms with Crippen LogP contribution in [-0.2, 0) is 4.79 Å². The fourth-order valence-electron chi connectivity index (χ4n) is 3.76. The van der Waals surface area contributed by atoms with Crippen molar-refractivity contribution in [1.29, 1.82) is 0 Å². The molecule has 0 radical (unpaired) electrons. The van der Waals surface area contributed by atoms with Gasteiger partial charge >= 0.3 is 0 Å². The topological polar surface area (TPSA) is 20.3 Å². The standard InChI is InChI=1S/C14H25NO/c1-4-11-7-10(2)8-12-5-6-14(16)15(3)13(12)9-11/h10-13H,4-9H2,1-3H3/t10-,11?,12?,13?/m0/s1. The highest BCUT2D eigenvalue weighted by Crippen LogP contribution is 2.39. The van der Waals surface area contributed by atoms with Crippen LogP contribution in [0, 0.1) is 17.8 Å². The van der Waals surface area contributed by atoms with E-state index >= 15 is 0 Å². The third-order valence-electron chi connectivity index (χ3n) is 4.76. The summed E-state index contributed by atoms with van der Waals surface area (Å²) < 4.78 is 0. The summed E-state index contributed by atoms with van der Waals surface area (Å²) in [7, 11) is 2.02. The largest absolute Gasteiger partial charge is 0.342 e. The summed E-state index contributed by atoms with van der Waals surface area (Å²) in [5, 5.41) is 0. The Morgan fingerprint density at radius 3 is 2.75 bits per heavy atom. The van der Waals surface area contributed by atoms with Crippen molar-refractivity contribution in [3.8, 4) is 0 Å². The van der Waals surface area contributed by atoms with Crippen molar-refractivity contribution >= 4 is 5.91 Å². The lowest BCUT2D eigenvalue weighted by molar-refractivity contribution is -0.137. The lowest BCUT2D eigenvalue weighted by Gasteiger charge is -2.39. The van der Waals surface area contributed by atoms with Crippen molar-refractivity contribution in [2.24, 2.45) is 17.8 Å². The second-order valence-electron chi connectivity index (χ2n) is 5.96. The Kier molecular flexibility index (Phi) is 3.56. The van der Waals surface area contributed by atoms with Crippen LogP contribution in [0.15, 0.2) is 0 Å². The highest BCUT2D eigenvalue weighted by atomic mass is 16.2. The normalized spacial score (nSPS) is 40.4. The zero-order valence-electron chi connectivity index (χ0n) is 10.9. The minimum Gasteiger partial charge on any atom is -0.342 e. The molecule has 1 saturated heterocycles. The summed E-state index contributed by atoms with van der Waals surface area (Å²) in [6.07, 6.45) is 7.13. The van der Waals surface area contributed by atoms with Crippen molar-refractivity contribution < 1.29 is 4.79 Å². The predicted octanol–water partition coefficient (Wildman–Crippen LogP) is 3.07. The lowest BCUT2D eigenvalue weighted by atomic mass is 9.83. The van der Waals surface area contributed by atoms with Gasteiger partial charge in [0.1, 0.15) is 0 Å². The van der Waals surface area contributed by atoms with Gasteiger partial charge in [-0.05, 0) is 43.4 Å². The minimum atomic E-state index is 0.366. The zero-order valence-corrected chi connectivity index (χ0v) is 10.9. The smallest absolute Gasteiger partial charge is 0.222 e. The number of rotatable bonds is 1. The fraction of sp³-hybridized carbons (Fsp3) is 0.929. The molecule has 1 heterocycles. The van der Waals surface area contributed by atoms with Gasteiger partial charge in [-0.1, -0.05) is 20.3 Å². The number of hydrogen-bond donors (Lipinski definition) is 0. The van der Waals surface area contributed by atoms with Gasteiger partial charge in [0.25, 0.3) is 0 Å². The summed E-state index contributed by atoms with van der Waals surface area (Å²) in [5.74, 6) is 2.82. The summed E-state index contributed by atoms with van der Waals surface area (Å²) >= 11 is 0. The van der Waals surface area contributed by atoms with E-state index in [2.05, 4.69) is 18.7 Å². The van der Waals surface area contributed by atoms with Gasteiger partial charge in [0.05, 0.1) is 0 Å². The molecular formula is C14H25NO. The molecule has 0 bridgehead atoms. The summed E-state index contributed by atoms with van der Waals surface area (Å²) in [6, 6.07) is 0.538. The number of hydrogen-bond acceptors (Lipinski definition) is 1. The van der Waals surface area contributed by atoms with E-state index in [1.165, 1.54) is 25.7 Å². The summed E-state index contributed by atoms with van der Waals surface area (Å²) in [4.78, 5) is 13.8. The van der Waals surface area contributed by atoms with Gasteiger partial charge in [0, 0.05) is 19.5 Å². The predicted molar refractivity (Wildman–Crippen MR) is 66.1 cm³/mol. The monoisotopic (exact) mass is 223 g/mol. The molecule has 1 saturated carbocycles. The maximum Gasteiger partial charge on any atom is 0.222 e. The van der Waals surface area contributed by atoms with Crippen molar-refractivity contribution in [3.63, 3.8) is 0 Å². The first kappa shape index (κ1) is 11.9. The molecule has 2 fully saturated rings. The summed E-state index contributed by atoms with van der Waals surface area (Å²) in [5.41, 5.74) is 0. The molecule has 1 amide bonds. The minimum absolute atomic E-state index is 0.366. The van der Waals surface area contributed by atoms with E-state index in [-0.39, 0.29) is 0 Å². The molecule has 0 N–H and O–H groups in total. The molecule has 1 aliphatic heterocycles. The van der Waals surface area contributed by atoms with Gasteiger partial charge in [0.15, 0.2) is 0 Å². The Bertz CT molecular complexity index is 263. The van der Waals surface area contributed by atoms with Gasteiger partial charge < -0.3 is 4.90 Å². The molecule has 2 aliphatic rings. The van der Waals surface area contributed by atoms with Crippen molar-refractivity contribution in [1.82, 2.24) is 4.90 Å². The van der Waals surface area contributed by atoms with Crippen LogP contribution < -0.4 is 0 Å². The van der Waals surface area contributed by atoms with Crippen molar-refractivity contribution in [3.05, 3.63) is 0 Å². The molecule has 0 aromatic carbocycles. The number of amides is 1. The van der Waals surface area contributed by atoms with Gasteiger partial charge in [-0.25, -0.2) is 0 Å². The molecule has 0 aromatic heterocycles. The molecule has 0 aromatic rings. The SMILES string of the molecule is CCC1CC2C(CCC(=O)N2C)C[C@@H](C)C1. The molecule has 2 heteroatoms. The van der Waals surface area contributed by atoms with E-state index in [4.69, 9.17) is 0 Å². The van der Waals surface area contributed by atoms with Crippen LogP contribution in [0.3, 0.4) is 0 Å². The number of likely N-dealkylation sites (tertiary alicyclic amines) is 1. The van der Waals surface area contributed by atoms with Crippen molar-refractivity contribution in [2.45, 2.75) is 58.4 Å². The van der Waals surface area contributed by atoms with Gasteiger partial charge in [-0.3, -0.25) is 4.79 Å². The Morgan fingerprint density at radius 2 is 2.06 bits per heavy atom. The average molecular weight is 223 g/mol. The number of carbonyl (C=O) groups excluding carboxylic acids is 1. The molecular weight excluding hydrogens is 198 g/mol. The maximum atomic E-state index is 11.8. The Balaban J connectivity index is 2.13. The van der Waals surface area contributed by atoms with Gasteiger partial charge in [0.2, 0.25) is 5.91 Å². The third kappa shape index (κ3) is 2.26. The molecule has 0 spiro atoms. The molecule has 1 aliphatic carbocycles. The van der Waals surface area contributed by atoms with Crippen LogP contribution in [0.5, 0.6) is 0 Å². The second kappa shape index (κ2) is 4.77. The van der Waals surface area contributed by atoms with E-state index < -0.39 is 0 Å². The fourth-order valence-corrected chi connectivity index (χ4v) is 3.76. The Hall–Kier alpha value is -0.530. The van der Waals surface area contributed by atoms with Crippen LogP contribution in [0.4, 0.5) is 0 Å². The number of nitrogens with zero attached hydrogens (tertiary/aromatic N) is 1. The van der Waals surface area contributed by atoms with E-state index in [0.29, 0.717) is 11.9 Å². The van der Waals surface area contributed by atoms with Crippen LogP contribution in [0.1, 0.15) is 52.4 Å². The van der Waals surface area contributed by atoms with E-state index in [1.54, 1.807) is 0 Å². The highest BCUT2D eigenvalue weighted by molar-refractivity contribution is 5.77. The van der Waals surface area contributed by atoms with Crippen LogP contribution in [-0.4, -0.2) is 23.9 Å². The maximum absolute atomic E-state index is 11.8. The van der Waals surface area contributed by atoms with E-state index in [9.17, 15) is 4.79 Å². The molecule has 4 atom stereocenters. The second-order valence-corrected chi connectivity index (χ2v) is 5.96. The van der Waals surface area contributed by atoms with Gasteiger partial charge in [-0.15, -0.1) is 0 Å². The zero-order chi connectivity index (χ0) is 11.7. The average Bonchev–Trinajstić information content (AvgIpc) is 2.42. The first-order valence-electron chi connectivity index (χ1n) is 6.87. The number of piperidine rings is 1. The van der Waals surface area contributed by atoms with Crippen LogP contribution in [0.2, 0.25) is 0 Å². The van der Waals surface area contributed by atoms with Crippen molar-refractivity contribution in [2.75, 3.05) is 7.05 Å². The molecule has 3 unspecified atom stereocenters. The van der Waals surface area contributed by atoms with E-state index in [1.807, 2.05) is 7.05 Å². The first-order chi connectivity index (χ1) is 7.61. The first-order valence-corrected chi connectivity index (χ1v) is 6.87. The molecule has 2 nitrogen and oxygen atoms in total. The lowest BCUT2D eigenvalue weighted by Crippen LogP contribution is -2.46. The third-order valence-corrected chi connectivity index (χ3v) is 4.76.